The maximum Gasteiger partial charge on any atom is 0.240 e. The molecule has 1 heterocycles. The molecule has 0 aromatic heterocycles. The summed E-state index contributed by atoms with van der Waals surface area (Å²) < 4.78 is 31.9. The number of nitrogens with zero attached hydrogens (tertiary/aromatic N) is 2. The Balaban J connectivity index is 0.00000341. The topological polar surface area (TPSA) is 83.0 Å². The zero-order chi connectivity index (χ0) is 21.4. The second kappa shape index (κ2) is 12.4. The van der Waals surface area contributed by atoms with E-state index < -0.39 is 10.0 Å². The Labute approximate surface area is 202 Å². The van der Waals surface area contributed by atoms with E-state index in [1.807, 2.05) is 18.2 Å². The summed E-state index contributed by atoms with van der Waals surface area (Å²) in [7, 11) is -0.186. The molecule has 1 aliphatic rings. The van der Waals surface area contributed by atoms with Gasteiger partial charge in [-0.3, -0.25) is 4.99 Å². The largest absolute Gasteiger partial charge is 0.383 e. The minimum Gasteiger partial charge on any atom is -0.383 e. The second-order valence-corrected chi connectivity index (χ2v) is 9.04. The van der Waals surface area contributed by atoms with Crippen LogP contribution in [0.5, 0.6) is 0 Å². The van der Waals surface area contributed by atoms with Gasteiger partial charge in [-0.25, -0.2) is 13.1 Å². The van der Waals surface area contributed by atoms with E-state index in [9.17, 15) is 8.42 Å². The average molecular weight is 558 g/mol. The standard InChI is InChI=1S/C22H30N4O3S.HI/c1-23-22(26-14-12-20(17-26)19-6-4-3-5-7-19)24-16-18-8-10-21(11-9-18)30(27,28)25-13-15-29-2;/h3-11,20,25H,12-17H2,1-2H3,(H,23,24);1H. The Bertz CT molecular complexity index is 937. The lowest BCUT2D eigenvalue weighted by atomic mass is 9.99. The molecule has 0 saturated carbocycles. The maximum absolute atomic E-state index is 12.2. The molecule has 2 aromatic rings. The molecule has 0 amide bonds. The maximum atomic E-state index is 12.2. The molecule has 1 atom stereocenters. The number of aliphatic imine (C=N–C) groups is 1. The molecule has 1 aliphatic heterocycles. The van der Waals surface area contributed by atoms with Gasteiger partial charge in [0, 0.05) is 46.3 Å². The smallest absolute Gasteiger partial charge is 0.240 e. The van der Waals surface area contributed by atoms with Gasteiger partial charge < -0.3 is 15.0 Å². The van der Waals surface area contributed by atoms with E-state index in [1.54, 1.807) is 19.2 Å². The molecule has 2 aromatic carbocycles. The number of nitrogens with one attached hydrogen (secondary N) is 2. The highest BCUT2D eigenvalue weighted by atomic mass is 127. The molecule has 9 heteroatoms. The number of hydrogen-bond acceptors (Lipinski definition) is 4. The summed E-state index contributed by atoms with van der Waals surface area (Å²) in [4.78, 5) is 6.95. The predicted octanol–water partition coefficient (Wildman–Crippen LogP) is 2.79. The Morgan fingerprint density at radius 3 is 2.52 bits per heavy atom. The third-order valence-corrected chi connectivity index (χ3v) is 6.73. The molecule has 1 unspecified atom stereocenters. The molecule has 2 N–H and O–H groups in total. The van der Waals surface area contributed by atoms with Gasteiger partial charge in [0.2, 0.25) is 10.0 Å². The monoisotopic (exact) mass is 558 g/mol. The van der Waals surface area contributed by atoms with Crippen molar-refractivity contribution in [3.8, 4) is 0 Å². The summed E-state index contributed by atoms with van der Waals surface area (Å²) in [5.41, 5.74) is 2.36. The number of benzene rings is 2. The van der Waals surface area contributed by atoms with E-state index in [0.29, 0.717) is 19.1 Å². The molecule has 7 nitrogen and oxygen atoms in total. The second-order valence-electron chi connectivity index (χ2n) is 7.28. The molecular weight excluding hydrogens is 527 g/mol. The zero-order valence-electron chi connectivity index (χ0n) is 18.0. The normalized spacial score (nSPS) is 16.8. The summed E-state index contributed by atoms with van der Waals surface area (Å²) in [6.07, 6.45) is 1.10. The number of methoxy groups -OCH3 is 1. The van der Waals surface area contributed by atoms with Crippen LogP contribution >= 0.6 is 24.0 Å². The molecule has 1 saturated heterocycles. The van der Waals surface area contributed by atoms with Crippen molar-refractivity contribution in [2.45, 2.75) is 23.8 Å². The molecule has 170 valence electrons. The highest BCUT2D eigenvalue weighted by Gasteiger charge is 2.25. The number of guanidine groups is 1. The fourth-order valence-corrected chi connectivity index (χ4v) is 4.62. The van der Waals surface area contributed by atoms with E-state index in [0.717, 1.165) is 31.0 Å². The zero-order valence-corrected chi connectivity index (χ0v) is 21.1. The van der Waals surface area contributed by atoms with Crippen molar-refractivity contribution in [3.63, 3.8) is 0 Å². The quantitative estimate of drug-likeness (QED) is 0.226. The van der Waals surface area contributed by atoms with Crippen LogP contribution in [0.15, 0.2) is 64.5 Å². The van der Waals surface area contributed by atoms with Crippen LogP contribution in [-0.4, -0.2) is 59.7 Å². The first-order chi connectivity index (χ1) is 14.5. The van der Waals surface area contributed by atoms with E-state index in [4.69, 9.17) is 4.74 Å². The van der Waals surface area contributed by atoms with Crippen molar-refractivity contribution in [2.75, 3.05) is 40.4 Å². The van der Waals surface area contributed by atoms with E-state index in [-0.39, 0.29) is 35.4 Å². The Hall–Kier alpha value is -1.69. The molecule has 0 spiro atoms. The number of ether oxygens (including phenoxy) is 1. The van der Waals surface area contributed by atoms with Crippen molar-refractivity contribution in [1.29, 1.82) is 0 Å². The number of halogens is 1. The first kappa shape index (κ1) is 25.6. The molecule has 3 rings (SSSR count). The van der Waals surface area contributed by atoms with Gasteiger partial charge in [0.25, 0.3) is 0 Å². The molecule has 0 bridgehead atoms. The first-order valence-corrected chi connectivity index (χ1v) is 11.6. The Morgan fingerprint density at radius 1 is 1.16 bits per heavy atom. The Morgan fingerprint density at radius 2 is 1.87 bits per heavy atom. The summed E-state index contributed by atoms with van der Waals surface area (Å²) >= 11 is 0. The third kappa shape index (κ3) is 7.16. The summed E-state index contributed by atoms with van der Waals surface area (Å²) in [6, 6.07) is 17.5. The van der Waals surface area contributed by atoms with Gasteiger partial charge in [-0.15, -0.1) is 24.0 Å². The van der Waals surface area contributed by atoms with Gasteiger partial charge in [-0.05, 0) is 29.7 Å². The number of likely N-dealkylation sites (tertiary alicyclic amines) is 1. The van der Waals surface area contributed by atoms with Gasteiger partial charge in [-0.1, -0.05) is 42.5 Å². The lowest BCUT2D eigenvalue weighted by Gasteiger charge is -2.22. The fraction of sp³-hybridized carbons (Fsp3) is 0.409. The highest BCUT2D eigenvalue weighted by molar-refractivity contribution is 14.0. The van der Waals surface area contributed by atoms with Crippen molar-refractivity contribution in [1.82, 2.24) is 14.9 Å². The number of rotatable bonds is 8. The SMILES string of the molecule is CN=C(NCc1ccc(S(=O)(=O)NCCOC)cc1)N1CCC(c2ccccc2)C1.I. The van der Waals surface area contributed by atoms with Gasteiger partial charge in [0.05, 0.1) is 11.5 Å². The molecule has 0 radical (unpaired) electrons. The average Bonchev–Trinajstić information content (AvgIpc) is 3.25. The van der Waals surface area contributed by atoms with Crippen molar-refractivity contribution in [2.24, 2.45) is 4.99 Å². The fourth-order valence-electron chi connectivity index (χ4n) is 3.61. The van der Waals surface area contributed by atoms with Gasteiger partial charge in [0.1, 0.15) is 0 Å². The van der Waals surface area contributed by atoms with Crippen LogP contribution < -0.4 is 10.0 Å². The van der Waals surface area contributed by atoms with E-state index in [2.05, 4.69) is 44.2 Å². The van der Waals surface area contributed by atoms with Crippen LogP contribution in [-0.2, 0) is 21.3 Å². The third-order valence-electron chi connectivity index (χ3n) is 5.25. The minimum atomic E-state index is -3.51. The number of hydrogen-bond donors (Lipinski definition) is 2. The highest BCUT2D eigenvalue weighted by Crippen LogP contribution is 2.26. The van der Waals surface area contributed by atoms with Crippen molar-refractivity contribution < 1.29 is 13.2 Å². The van der Waals surface area contributed by atoms with Crippen LogP contribution in [0.3, 0.4) is 0 Å². The molecule has 1 fully saturated rings. The van der Waals surface area contributed by atoms with Crippen molar-refractivity contribution in [3.05, 3.63) is 65.7 Å². The first-order valence-electron chi connectivity index (χ1n) is 10.1. The summed E-state index contributed by atoms with van der Waals surface area (Å²) in [5, 5.41) is 3.39. The van der Waals surface area contributed by atoms with Gasteiger partial charge >= 0.3 is 0 Å². The minimum absolute atomic E-state index is 0. The van der Waals surface area contributed by atoms with Crippen LogP contribution in [0.2, 0.25) is 0 Å². The van der Waals surface area contributed by atoms with Crippen LogP contribution in [0, 0.1) is 0 Å². The lowest BCUT2D eigenvalue weighted by molar-refractivity contribution is 0.204. The van der Waals surface area contributed by atoms with Gasteiger partial charge in [-0.2, -0.15) is 0 Å². The van der Waals surface area contributed by atoms with Crippen LogP contribution in [0.4, 0.5) is 0 Å². The summed E-state index contributed by atoms with van der Waals surface area (Å²) in [6.45, 7) is 3.06. The van der Waals surface area contributed by atoms with Crippen LogP contribution in [0.25, 0.3) is 0 Å². The number of sulfonamides is 1. The lowest BCUT2D eigenvalue weighted by Crippen LogP contribution is -2.39. The van der Waals surface area contributed by atoms with E-state index >= 15 is 0 Å². The van der Waals surface area contributed by atoms with Gasteiger partial charge in [0.15, 0.2) is 5.96 Å². The predicted molar refractivity (Wildman–Crippen MR) is 134 cm³/mol. The molecule has 31 heavy (non-hydrogen) atoms. The Kier molecular flexibility index (Phi) is 10.2. The van der Waals surface area contributed by atoms with Crippen LogP contribution in [0.1, 0.15) is 23.5 Å². The summed E-state index contributed by atoms with van der Waals surface area (Å²) in [5.74, 6) is 1.38. The van der Waals surface area contributed by atoms with E-state index in [1.165, 1.54) is 12.7 Å². The molecular formula is C22H31IN4O3S. The van der Waals surface area contributed by atoms with Crippen molar-refractivity contribution >= 4 is 40.0 Å². The molecule has 0 aliphatic carbocycles.